The van der Waals surface area contributed by atoms with Gasteiger partial charge in [-0.3, -0.25) is 4.79 Å². The molecule has 2 N–H and O–H groups in total. The molecule has 1 atom stereocenters. The predicted molar refractivity (Wildman–Crippen MR) is 81.8 cm³/mol. The normalized spacial score (nSPS) is 16.1. The number of amides is 1. The van der Waals surface area contributed by atoms with E-state index in [0.29, 0.717) is 6.54 Å². The minimum absolute atomic E-state index is 0.0184. The van der Waals surface area contributed by atoms with E-state index < -0.39 is 10.0 Å². The molecule has 7 heteroatoms. The van der Waals surface area contributed by atoms with Gasteiger partial charge in [0.2, 0.25) is 15.9 Å². The molecule has 1 unspecified atom stereocenters. The van der Waals surface area contributed by atoms with Crippen LogP contribution in [0.15, 0.2) is 23.1 Å². The van der Waals surface area contributed by atoms with Gasteiger partial charge < -0.3 is 10.2 Å². The quantitative estimate of drug-likeness (QED) is 0.794. The van der Waals surface area contributed by atoms with E-state index in [4.69, 9.17) is 0 Å². The Kier molecular flexibility index (Phi) is 4.65. The highest BCUT2D eigenvalue weighted by Gasteiger charge is 2.26. The number of sulfonamides is 1. The first-order valence-electron chi connectivity index (χ1n) is 6.89. The molecule has 0 fully saturated rings. The zero-order chi connectivity index (χ0) is 15.6. The number of benzene rings is 1. The van der Waals surface area contributed by atoms with Gasteiger partial charge in [0, 0.05) is 19.3 Å². The number of nitrogens with zero attached hydrogens (tertiary/aromatic N) is 1. The van der Waals surface area contributed by atoms with E-state index in [1.54, 1.807) is 30.1 Å². The number of carbonyl (C=O) groups is 1. The zero-order valence-electron chi connectivity index (χ0n) is 12.5. The second-order valence-corrected chi connectivity index (χ2v) is 7.20. The van der Waals surface area contributed by atoms with E-state index in [2.05, 4.69) is 10.0 Å². The molecule has 0 radical (unpaired) electrons. The highest BCUT2D eigenvalue weighted by Crippen LogP contribution is 2.29. The summed E-state index contributed by atoms with van der Waals surface area (Å²) in [7, 11) is -0.0110. The number of carbonyl (C=O) groups excluding carboxylic acids is 1. The van der Waals surface area contributed by atoms with Crippen LogP contribution < -0.4 is 14.9 Å². The molecule has 1 aliphatic rings. The van der Waals surface area contributed by atoms with Crippen molar-refractivity contribution in [2.24, 2.45) is 5.92 Å². The van der Waals surface area contributed by atoms with Gasteiger partial charge in [0.05, 0.1) is 11.3 Å². The van der Waals surface area contributed by atoms with E-state index in [1.807, 2.05) is 14.0 Å². The number of anilines is 1. The molecule has 116 valence electrons. The molecular formula is C14H21N3O3S. The average Bonchev–Trinajstić information content (AvgIpc) is 2.72. The van der Waals surface area contributed by atoms with E-state index in [9.17, 15) is 13.2 Å². The summed E-state index contributed by atoms with van der Waals surface area (Å²) >= 11 is 0. The van der Waals surface area contributed by atoms with Crippen LogP contribution in [0.2, 0.25) is 0 Å². The van der Waals surface area contributed by atoms with Crippen molar-refractivity contribution in [3.05, 3.63) is 23.8 Å². The number of likely N-dealkylation sites (N-methyl/N-ethyl adjacent to an activating group) is 1. The Hall–Kier alpha value is -1.44. The lowest BCUT2D eigenvalue weighted by molar-refractivity contribution is -0.117. The maximum Gasteiger partial charge on any atom is 0.240 e. The molecule has 0 spiro atoms. The summed E-state index contributed by atoms with van der Waals surface area (Å²) in [4.78, 5) is 13.4. The predicted octanol–water partition coefficient (Wildman–Crippen LogP) is 0.339. The fourth-order valence-electron chi connectivity index (χ4n) is 2.37. The highest BCUT2D eigenvalue weighted by molar-refractivity contribution is 7.89. The maximum atomic E-state index is 12.3. The minimum atomic E-state index is -3.54. The van der Waals surface area contributed by atoms with Gasteiger partial charge in [-0.2, -0.15) is 0 Å². The number of hydrogen-bond acceptors (Lipinski definition) is 4. The molecule has 1 aromatic rings. The van der Waals surface area contributed by atoms with E-state index in [1.165, 1.54) is 0 Å². The number of hydrogen-bond donors (Lipinski definition) is 2. The van der Waals surface area contributed by atoms with Crippen molar-refractivity contribution in [1.82, 2.24) is 10.0 Å². The molecule has 1 aliphatic heterocycles. The zero-order valence-corrected chi connectivity index (χ0v) is 13.3. The Labute approximate surface area is 125 Å². The molecule has 0 aliphatic carbocycles. The van der Waals surface area contributed by atoms with Crippen LogP contribution in [-0.2, 0) is 21.2 Å². The van der Waals surface area contributed by atoms with Crippen LogP contribution in [0.4, 0.5) is 5.69 Å². The van der Waals surface area contributed by atoms with Crippen molar-refractivity contribution in [3.8, 4) is 0 Å². The number of nitrogens with one attached hydrogen (secondary N) is 2. The summed E-state index contributed by atoms with van der Waals surface area (Å²) < 4.78 is 27.2. The first-order valence-corrected chi connectivity index (χ1v) is 8.37. The first-order chi connectivity index (χ1) is 9.85. The topological polar surface area (TPSA) is 78.5 Å². The number of fused-ring (bicyclic) bond motifs is 1. The summed E-state index contributed by atoms with van der Waals surface area (Å²) in [6.45, 7) is 3.08. The molecule has 1 heterocycles. The summed E-state index contributed by atoms with van der Waals surface area (Å²) in [5.74, 6) is 0.182. The molecule has 1 amide bonds. The molecular weight excluding hydrogens is 290 g/mol. The Bertz CT molecular complexity index is 643. The fraction of sp³-hybridized carbons (Fsp3) is 0.500. The van der Waals surface area contributed by atoms with Crippen molar-refractivity contribution in [2.45, 2.75) is 18.2 Å². The van der Waals surface area contributed by atoms with Gasteiger partial charge in [-0.15, -0.1) is 0 Å². The second kappa shape index (κ2) is 6.13. The van der Waals surface area contributed by atoms with Crippen LogP contribution in [0.5, 0.6) is 0 Å². The Morgan fingerprint density at radius 2 is 2.05 bits per heavy atom. The largest absolute Gasteiger partial charge is 0.319 e. The molecule has 21 heavy (non-hydrogen) atoms. The van der Waals surface area contributed by atoms with Crippen LogP contribution >= 0.6 is 0 Å². The lowest BCUT2D eigenvalue weighted by Gasteiger charge is -2.14. The van der Waals surface area contributed by atoms with E-state index in [-0.39, 0.29) is 23.1 Å². The third-order valence-corrected chi connectivity index (χ3v) is 5.03. The Morgan fingerprint density at radius 3 is 2.71 bits per heavy atom. The molecule has 6 nitrogen and oxygen atoms in total. The van der Waals surface area contributed by atoms with E-state index in [0.717, 1.165) is 17.8 Å². The van der Waals surface area contributed by atoms with Crippen molar-refractivity contribution >= 4 is 21.6 Å². The van der Waals surface area contributed by atoms with Crippen molar-refractivity contribution in [3.63, 3.8) is 0 Å². The van der Waals surface area contributed by atoms with Crippen LogP contribution in [0.3, 0.4) is 0 Å². The molecule has 0 bridgehead atoms. The average molecular weight is 311 g/mol. The third-order valence-electron chi connectivity index (χ3n) is 3.61. The van der Waals surface area contributed by atoms with Crippen molar-refractivity contribution < 1.29 is 13.2 Å². The summed E-state index contributed by atoms with van der Waals surface area (Å²) in [5.41, 5.74) is 1.54. The standard InChI is InChI=1S/C14H21N3O3S/c1-10(8-15-2)9-16-21(19,20)12-4-5-13-11(6-12)7-14(18)17(13)3/h4-6,10,15-16H,7-9H2,1-3H3. The van der Waals surface area contributed by atoms with Crippen molar-refractivity contribution in [2.75, 3.05) is 32.1 Å². The highest BCUT2D eigenvalue weighted by atomic mass is 32.2. The minimum Gasteiger partial charge on any atom is -0.319 e. The second-order valence-electron chi connectivity index (χ2n) is 5.43. The SMILES string of the molecule is CNCC(C)CNS(=O)(=O)c1ccc2c(c1)CC(=O)N2C. The van der Waals surface area contributed by atoms with Crippen LogP contribution in [-0.4, -0.2) is 41.5 Å². The molecule has 2 rings (SSSR count). The lowest BCUT2D eigenvalue weighted by atomic mass is 10.2. The van der Waals surface area contributed by atoms with Gasteiger partial charge in [0.25, 0.3) is 0 Å². The lowest BCUT2D eigenvalue weighted by Crippen LogP contribution is -2.32. The van der Waals surface area contributed by atoms with Gasteiger partial charge in [0.15, 0.2) is 0 Å². The van der Waals surface area contributed by atoms with Gasteiger partial charge in [-0.1, -0.05) is 6.92 Å². The van der Waals surface area contributed by atoms with Crippen LogP contribution in [0, 0.1) is 5.92 Å². The van der Waals surface area contributed by atoms with Crippen LogP contribution in [0.1, 0.15) is 12.5 Å². The molecule has 1 aromatic carbocycles. The summed E-state index contributed by atoms with van der Waals surface area (Å²) in [6.07, 6.45) is 0.255. The van der Waals surface area contributed by atoms with Crippen LogP contribution in [0.25, 0.3) is 0 Å². The molecule has 0 saturated carbocycles. The number of rotatable bonds is 6. The maximum absolute atomic E-state index is 12.3. The Morgan fingerprint density at radius 1 is 1.33 bits per heavy atom. The van der Waals surface area contributed by atoms with E-state index >= 15 is 0 Å². The van der Waals surface area contributed by atoms with Gasteiger partial charge in [-0.25, -0.2) is 13.1 Å². The fourth-order valence-corrected chi connectivity index (χ4v) is 3.58. The Balaban J connectivity index is 2.15. The van der Waals surface area contributed by atoms with Crippen molar-refractivity contribution in [1.29, 1.82) is 0 Å². The monoisotopic (exact) mass is 311 g/mol. The van der Waals surface area contributed by atoms with Gasteiger partial charge >= 0.3 is 0 Å². The third kappa shape index (κ3) is 3.42. The molecule has 0 aromatic heterocycles. The molecule has 0 saturated heterocycles. The van der Waals surface area contributed by atoms with Gasteiger partial charge in [0.1, 0.15) is 0 Å². The first kappa shape index (κ1) is 15.9. The van der Waals surface area contributed by atoms with Gasteiger partial charge in [-0.05, 0) is 43.3 Å². The summed E-state index contributed by atoms with van der Waals surface area (Å²) in [5, 5.41) is 3.01. The smallest absolute Gasteiger partial charge is 0.240 e. The summed E-state index contributed by atoms with van der Waals surface area (Å²) in [6, 6.07) is 4.81.